The SMILES string of the molecule is CCN(CC)C(=O)Nc1ccc(C(O)(C(F)(F)F)C(F)(F)F)cc1. The molecule has 1 aromatic rings. The molecule has 0 radical (unpaired) electrons. The first-order valence-electron chi connectivity index (χ1n) is 6.90. The molecule has 0 saturated carbocycles. The van der Waals surface area contributed by atoms with Gasteiger partial charge in [0.1, 0.15) is 0 Å². The zero-order valence-corrected chi connectivity index (χ0v) is 12.8. The number of urea groups is 1. The Kier molecular flexibility index (Phi) is 5.75. The van der Waals surface area contributed by atoms with Gasteiger partial charge in [-0.3, -0.25) is 0 Å². The van der Waals surface area contributed by atoms with E-state index < -0.39 is 29.5 Å². The van der Waals surface area contributed by atoms with Crippen LogP contribution in [-0.2, 0) is 5.60 Å². The number of aliphatic hydroxyl groups is 1. The first kappa shape index (κ1) is 20.1. The summed E-state index contributed by atoms with van der Waals surface area (Å²) in [7, 11) is 0. The molecule has 0 aromatic heterocycles. The fraction of sp³-hybridized carbons (Fsp3) is 0.500. The maximum absolute atomic E-state index is 12.7. The third-order valence-corrected chi connectivity index (χ3v) is 3.43. The zero-order valence-electron chi connectivity index (χ0n) is 12.8. The molecule has 0 unspecified atom stereocenters. The van der Waals surface area contributed by atoms with Gasteiger partial charge in [-0.2, -0.15) is 26.3 Å². The molecular formula is C14H16F6N2O2. The van der Waals surface area contributed by atoms with E-state index in [1.165, 1.54) is 4.90 Å². The van der Waals surface area contributed by atoms with E-state index in [0.29, 0.717) is 25.2 Å². The minimum absolute atomic E-state index is 0.00217. The lowest BCUT2D eigenvalue weighted by molar-refractivity contribution is -0.376. The molecule has 0 fully saturated rings. The van der Waals surface area contributed by atoms with Crippen molar-refractivity contribution < 1.29 is 36.2 Å². The Balaban J connectivity index is 3.11. The summed E-state index contributed by atoms with van der Waals surface area (Å²) in [4.78, 5) is 13.2. The highest BCUT2D eigenvalue weighted by Gasteiger charge is 2.71. The van der Waals surface area contributed by atoms with E-state index in [-0.39, 0.29) is 5.69 Å². The second kappa shape index (κ2) is 6.88. The first-order valence-corrected chi connectivity index (χ1v) is 6.90. The number of carbonyl (C=O) groups excluding carboxylic acids is 1. The van der Waals surface area contributed by atoms with E-state index in [1.807, 2.05) is 0 Å². The summed E-state index contributed by atoms with van der Waals surface area (Å²) < 4.78 is 76.5. The van der Waals surface area contributed by atoms with Crippen molar-refractivity contribution >= 4 is 11.7 Å². The van der Waals surface area contributed by atoms with E-state index in [4.69, 9.17) is 0 Å². The van der Waals surface area contributed by atoms with Crippen molar-refractivity contribution in [3.8, 4) is 0 Å². The molecule has 0 heterocycles. The van der Waals surface area contributed by atoms with Gasteiger partial charge in [0.05, 0.1) is 0 Å². The Bertz CT molecular complexity index is 550. The van der Waals surface area contributed by atoms with Gasteiger partial charge in [0, 0.05) is 24.3 Å². The summed E-state index contributed by atoms with van der Waals surface area (Å²) >= 11 is 0. The number of nitrogens with zero attached hydrogens (tertiary/aromatic N) is 1. The fourth-order valence-electron chi connectivity index (χ4n) is 2.00. The van der Waals surface area contributed by atoms with Crippen molar-refractivity contribution in [1.82, 2.24) is 4.90 Å². The highest BCUT2D eigenvalue weighted by Crippen LogP contribution is 2.50. The van der Waals surface area contributed by atoms with Crippen molar-refractivity contribution in [3.05, 3.63) is 29.8 Å². The lowest BCUT2D eigenvalue weighted by atomic mass is 9.92. The number of hydrogen-bond donors (Lipinski definition) is 2. The molecule has 1 aromatic carbocycles. The largest absolute Gasteiger partial charge is 0.430 e. The number of carbonyl (C=O) groups is 1. The van der Waals surface area contributed by atoms with Gasteiger partial charge in [-0.15, -0.1) is 0 Å². The number of halogens is 6. The van der Waals surface area contributed by atoms with Crippen LogP contribution in [0.5, 0.6) is 0 Å². The molecule has 0 bridgehead atoms. The summed E-state index contributed by atoms with van der Waals surface area (Å²) in [5, 5.41) is 11.6. The normalized spacial score (nSPS) is 12.9. The van der Waals surface area contributed by atoms with E-state index in [1.54, 1.807) is 13.8 Å². The minimum atomic E-state index is -5.95. The van der Waals surface area contributed by atoms with Crippen LogP contribution in [0.3, 0.4) is 0 Å². The van der Waals surface area contributed by atoms with Crippen LogP contribution in [0.25, 0.3) is 0 Å². The van der Waals surface area contributed by atoms with Gasteiger partial charge in [0.25, 0.3) is 5.60 Å². The molecule has 136 valence electrons. The molecule has 24 heavy (non-hydrogen) atoms. The number of rotatable bonds is 4. The molecule has 2 amide bonds. The van der Waals surface area contributed by atoms with Crippen molar-refractivity contribution in [2.75, 3.05) is 18.4 Å². The molecule has 10 heteroatoms. The number of anilines is 1. The Labute approximate surface area is 134 Å². The molecule has 4 nitrogen and oxygen atoms in total. The predicted molar refractivity (Wildman–Crippen MR) is 74.4 cm³/mol. The van der Waals surface area contributed by atoms with E-state index in [0.717, 1.165) is 12.1 Å². The smallest absolute Gasteiger partial charge is 0.369 e. The maximum Gasteiger partial charge on any atom is 0.430 e. The molecule has 0 spiro atoms. The van der Waals surface area contributed by atoms with Gasteiger partial charge >= 0.3 is 18.4 Å². The Morgan fingerprint density at radius 2 is 1.42 bits per heavy atom. The Hall–Kier alpha value is -1.97. The fourth-order valence-corrected chi connectivity index (χ4v) is 2.00. The standard InChI is InChI=1S/C14H16F6N2O2/c1-3-22(4-2)11(23)21-10-7-5-9(6-8-10)12(24,13(15,16)17)14(18,19)20/h5-8,24H,3-4H2,1-2H3,(H,21,23). The van der Waals surface area contributed by atoms with Crippen molar-refractivity contribution in [3.63, 3.8) is 0 Å². The topological polar surface area (TPSA) is 52.6 Å². The lowest BCUT2D eigenvalue weighted by Gasteiger charge is -2.32. The highest BCUT2D eigenvalue weighted by atomic mass is 19.4. The zero-order chi connectivity index (χ0) is 18.8. The van der Waals surface area contributed by atoms with Crippen LogP contribution >= 0.6 is 0 Å². The number of benzene rings is 1. The molecule has 1 rings (SSSR count). The lowest BCUT2D eigenvalue weighted by Crippen LogP contribution is -2.53. The third-order valence-electron chi connectivity index (χ3n) is 3.43. The minimum Gasteiger partial charge on any atom is -0.369 e. The van der Waals surface area contributed by atoms with Crippen LogP contribution in [0.2, 0.25) is 0 Å². The predicted octanol–water partition coefficient (Wildman–Crippen LogP) is 3.87. The average molecular weight is 358 g/mol. The molecule has 0 saturated heterocycles. The van der Waals surface area contributed by atoms with Gasteiger partial charge in [-0.25, -0.2) is 4.79 Å². The molecule has 0 aliphatic rings. The molecule has 0 aliphatic carbocycles. The Morgan fingerprint density at radius 1 is 1.00 bits per heavy atom. The number of alkyl halides is 6. The first-order chi connectivity index (χ1) is 10.9. The van der Waals surface area contributed by atoms with Gasteiger partial charge in [0.15, 0.2) is 0 Å². The van der Waals surface area contributed by atoms with E-state index >= 15 is 0 Å². The Morgan fingerprint density at radius 3 is 1.75 bits per heavy atom. The summed E-state index contributed by atoms with van der Waals surface area (Å²) in [6.07, 6.45) is -11.9. The highest BCUT2D eigenvalue weighted by molar-refractivity contribution is 5.89. The van der Waals surface area contributed by atoms with Gasteiger partial charge < -0.3 is 15.3 Å². The van der Waals surface area contributed by atoms with Crippen molar-refractivity contribution in [1.29, 1.82) is 0 Å². The van der Waals surface area contributed by atoms with Crippen molar-refractivity contribution in [2.45, 2.75) is 31.8 Å². The average Bonchev–Trinajstić information content (AvgIpc) is 2.46. The van der Waals surface area contributed by atoms with Crippen LogP contribution in [0.1, 0.15) is 19.4 Å². The second-order valence-electron chi connectivity index (χ2n) is 4.89. The number of nitrogens with one attached hydrogen (secondary N) is 1. The quantitative estimate of drug-likeness (QED) is 0.803. The van der Waals surface area contributed by atoms with Crippen LogP contribution in [0.15, 0.2) is 24.3 Å². The van der Waals surface area contributed by atoms with Gasteiger partial charge in [-0.05, 0) is 26.0 Å². The number of hydrogen-bond acceptors (Lipinski definition) is 2. The van der Waals surface area contributed by atoms with E-state index in [2.05, 4.69) is 5.32 Å². The molecular weight excluding hydrogens is 342 g/mol. The van der Waals surface area contributed by atoms with Crippen LogP contribution in [-0.4, -0.2) is 41.5 Å². The molecule has 0 atom stereocenters. The molecule has 0 aliphatic heterocycles. The van der Waals surface area contributed by atoms with E-state index in [9.17, 15) is 36.2 Å². The second-order valence-corrected chi connectivity index (χ2v) is 4.89. The monoisotopic (exact) mass is 358 g/mol. The third kappa shape index (κ3) is 3.74. The van der Waals surface area contributed by atoms with Crippen LogP contribution in [0, 0.1) is 0 Å². The number of amides is 2. The molecule has 2 N–H and O–H groups in total. The summed E-state index contributed by atoms with van der Waals surface area (Å²) in [6.45, 7) is 4.17. The van der Waals surface area contributed by atoms with Crippen LogP contribution < -0.4 is 5.32 Å². The maximum atomic E-state index is 12.7. The summed E-state index contributed by atoms with van der Waals surface area (Å²) in [5.74, 6) is 0. The van der Waals surface area contributed by atoms with Gasteiger partial charge in [-0.1, -0.05) is 12.1 Å². The van der Waals surface area contributed by atoms with Gasteiger partial charge in [0.2, 0.25) is 0 Å². The summed E-state index contributed by atoms with van der Waals surface area (Å²) in [5.41, 5.74) is -6.37. The summed E-state index contributed by atoms with van der Waals surface area (Å²) in [6, 6.07) is 2.12. The van der Waals surface area contributed by atoms with Crippen molar-refractivity contribution in [2.24, 2.45) is 0 Å². The van der Waals surface area contributed by atoms with Crippen LogP contribution in [0.4, 0.5) is 36.8 Å².